The van der Waals surface area contributed by atoms with Crippen LogP contribution in [-0.2, 0) is 0 Å². The molecule has 0 aliphatic carbocycles. The van der Waals surface area contributed by atoms with E-state index in [0.29, 0.717) is 28.3 Å². The first-order chi connectivity index (χ1) is 14.0. The van der Waals surface area contributed by atoms with Crippen molar-refractivity contribution in [2.24, 2.45) is 0 Å². The Labute approximate surface area is 169 Å². The third-order valence-electron chi connectivity index (χ3n) is 4.35. The molecule has 3 rings (SSSR count). The van der Waals surface area contributed by atoms with E-state index in [4.69, 9.17) is 9.47 Å². The number of methoxy groups -OCH3 is 2. The smallest absolute Gasteiger partial charge is 0.255 e. The Morgan fingerprint density at radius 2 is 1.41 bits per heavy atom. The monoisotopic (exact) mass is 390 g/mol. The molecule has 0 spiro atoms. The van der Waals surface area contributed by atoms with Gasteiger partial charge in [0.1, 0.15) is 0 Å². The fourth-order valence-electron chi connectivity index (χ4n) is 2.80. The van der Waals surface area contributed by atoms with E-state index in [1.807, 2.05) is 24.3 Å². The van der Waals surface area contributed by atoms with Crippen LogP contribution in [0.15, 0.2) is 66.7 Å². The van der Waals surface area contributed by atoms with Crippen molar-refractivity contribution in [1.82, 2.24) is 0 Å². The Morgan fingerprint density at radius 1 is 0.724 bits per heavy atom. The zero-order valence-corrected chi connectivity index (χ0v) is 16.5. The Bertz CT molecular complexity index is 1030. The number of carbonyl (C=O) groups excluding carboxylic acids is 2. The summed E-state index contributed by atoms with van der Waals surface area (Å²) in [6.45, 7) is 1.54. The molecule has 3 aromatic rings. The third kappa shape index (κ3) is 4.93. The van der Waals surface area contributed by atoms with Gasteiger partial charge in [0.2, 0.25) is 0 Å². The molecule has 0 fully saturated rings. The van der Waals surface area contributed by atoms with Gasteiger partial charge in [-0.25, -0.2) is 0 Å². The molecule has 0 radical (unpaired) electrons. The van der Waals surface area contributed by atoms with Gasteiger partial charge in [0.15, 0.2) is 17.3 Å². The molecule has 0 saturated heterocycles. The summed E-state index contributed by atoms with van der Waals surface area (Å²) in [4.78, 5) is 24.0. The lowest BCUT2D eigenvalue weighted by molar-refractivity contribution is 0.101. The van der Waals surface area contributed by atoms with Gasteiger partial charge < -0.3 is 20.1 Å². The van der Waals surface area contributed by atoms with Crippen LogP contribution < -0.4 is 20.1 Å². The van der Waals surface area contributed by atoms with Gasteiger partial charge in [0.05, 0.1) is 14.2 Å². The minimum atomic E-state index is -0.249. The van der Waals surface area contributed by atoms with Crippen molar-refractivity contribution < 1.29 is 19.1 Å². The van der Waals surface area contributed by atoms with Gasteiger partial charge in [-0.3, -0.25) is 9.59 Å². The van der Waals surface area contributed by atoms with Crippen LogP contribution in [0.3, 0.4) is 0 Å². The van der Waals surface area contributed by atoms with E-state index in [1.54, 1.807) is 49.6 Å². The SMILES string of the molecule is COc1ccc(C(=O)Nc2ccc(Nc3cccc(C(C)=O)c3)cc2)cc1OC. The highest BCUT2D eigenvalue weighted by atomic mass is 16.5. The number of rotatable bonds is 7. The lowest BCUT2D eigenvalue weighted by Crippen LogP contribution is -2.12. The molecular weight excluding hydrogens is 368 g/mol. The van der Waals surface area contributed by atoms with Crippen molar-refractivity contribution in [1.29, 1.82) is 0 Å². The Kier molecular flexibility index (Phi) is 6.14. The van der Waals surface area contributed by atoms with Gasteiger partial charge in [0, 0.05) is 28.2 Å². The number of Topliss-reactive ketones (excluding diaryl/α,β-unsaturated/α-hetero) is 1. The zero-order valence-electron chi connectivity index (χ0n) is 16.5. The fourth-order valence-corrected chi connectivity index (χ4v) is 2.80. The van der Waals surface area contributed by atoms with Gasteiger partial charge in [-0.1, -0.05) is 12.1 Å². The highest BCUT2D eigenvalue weighted by Crippen LogP contribution is 2.28. The van der Waals surface area contributed by atoms with Crippen LogP contribution in [0.2, 0.25) is 0 Å². The van der Waals surface area contributed by atoms with Gasteiger partial charge in [-0.05, 0) is 61.5 Å². The second kappa shape index (κ2) is 8.93. The summed E-state index contributed by atoms with van der Waals surface area (Å²) in [5.74, 6) is 0.823. The molecule has 0 aliphatic rings. The minimum Gasteiger partial charge on any atom is -0.493 e. The number of hydrogen-bond acceptors (Lipinski definition) is 5. The molecule has 0 atom stereocenters. The van der Waals surface area contributed by atoms with Crippen LogP contribution in [0.25, 0.3) is 0 Å². The first-order valence-corrected chi connectivity index (χ1v) is 9.01. The van der Waals surface area contributed by atoms with Crippen molar-refractivity contribution in [3.63, 3.8) is 0 Å². The number of hydrogen-bond donors (Lipinski definition) is 2. The quantitative estimate of drug-likeness (QED) is 0.561. The van der Waals surface area contributed by atoms with E-state index in [0.717, 1.165) is 11.4 Å². The first kappa shape index (κ1) is 19.9. The highest BCUT2D eigenvalue weighted by molar-refractivity contribution is 6.04. The number of carbonyl (C=O) groups is 2. The molecule has 29 heavy (non-hydrogen) atoms. The number of ketones is 1. The van der Waals surface area contributed by atoms with E-state index in [1.165, 1.54) is 14.0 Å². The molecule has 6 heteroatoms. The van der Waals surface area contributed by atoms with Crippen molar-refractivity contribution in [2.45, 2.75) is 6.92 Å². The summed E-state index contributed by atoms with van der Waals surface area (Å²) in [5.41, 5.74) is 3.43. The number of benzene rings is 3. The molecule has 2 N–H and O–H groups in total. The van der Waals surface area contributed by atoms with Crippen LogP contribution >= 0.6 is 0 Å². The lowest BCUT2D eigenvalue weighted by atomic mass is 10.1. The minimum absolute atomic E-state index is 0.0156. The summed E-state index contributed by atoms with van der Waals surface area (Å²) >= 11 is 0. The molecule has 3 aromatic carbocycles. The topological polar surface area (TPSA) is 76.7 Å². The molecule has 0 heterocycles. The van der Waals surface area contributed by atoms with E-state index in [9.17, 15) is 9.59 Å². The van der Waals surface area contributed by atoms with Crippen molar-refractivity contribution >= 4 is 28.8 Å². The van der Waals surface area contributed by atoms with Crippen LogP contribution in [0.5, 0.6) is 11.5 Å². The number of ether oxygens (including phenoxy) is 2. The maximum Gasteiger partial charge on any atom is 0.255 e. The average molecular weight is 390 g/mol. The van der Waals surface area contributed by atoms with Gasteiger partial charge >= 0.3 is 0 Å². The molecule has 6 nitrogen and oxygen atoms in total. The van der Waals surface area contributed by atoms with Gasteiger partial charge in [-0.2, -0.15) is 0 Å². The normalized spacial score (nSPS) is 10.2. The molecule has 0 aromatic heterocycles. The number of anilines is 3. The maximum absolute atomic E-state index is 12.5. The average Bonchev–Trinajstić information content (AvgIpc) is 2.74. The summed E-state index contributed by atoms with van der Waals surface area (Å²) in [5, 5.41) is 6.10. The van der Waals surface area contributed by atoms with Crippen LogP contribution in [-0.4, -0.2) is 25.9 Å². The second-order valence-corrected chi connectivity index (χ2v) is 6.36. The predicted molar refractivity (Wildman–Crippen MR) is 114 cm³/mol. The van der Waals surface area contributed by atoms with E-state index in [-0.39, 0.29) is 11.7 Å². The van der Waals surface area contributed by atoms with Crippen LogP contribution in [0, 0.1) is 0 Å². The molecule has 1 amide bonds. The maximum atomic E-state index is 12.5. The zero-order chi connectivity index (χ0) is 20.8. The van der Waals surface area contributed by atoms with Crippen molar-refractivity contribution in [2.75, 3.05) is 24.9 Å². The van der Waals surface area contributed by atoms with Crippen molar-refractivity contribution in [3.8, 4) is 11.5 Å². The largest absolute Gasteiger partial charge is 0.493 e. The number of amides is 1. The van der Waals surface area contributed by atoms with Crippen LogP contribution in [0.4, 0.5) is 17.1 Å². The molecule has 148 valence electrons. The Balaban J connectivity index is 1.68. The molecule has 0 bridgehead atoms. The summed E-state index contributed by atoms with van der Waals surface area (Å²) in [6.07, 6.45) is 0. The summed E-state index contributed by atoms with van der Waals surface area (Å²) < 4.78 is 10.4. The lowest BCUT2D eigenvalue weighted by Gasteiger charge is -2.11. The van der Waals surface area contributed by atoms with E-state index in [2.05, 4.69) is 10.6 Å². The standard InChI is InChI=1S/C23H22N2O4/c1-15(26)16-5-4-6-20(13-16)24-18-8-10-19(11-9-18)25-23(27)17-7-12-21(28-2)22(14-17)29-3/h4-14,24H,1-3H3,(H,25,27). The highest BCUT2D eigenvalue weighted by Gasteiger charge is 2.11. The van der Waals surface area contributed by atoms with Gasteiger partial charge in [-0.15, -0.1) is 0 Å². The summed E-state index contributed by atoms with van der Waals surface area (Å²) in [7, 11) is 3.07. The van der Waals surface area contributed by atoms with E-state index >= 15 is 0 Å². The van der Waals surface area contributed by atoms with Crippen molar-refractivity contribution in [3.05, 3.63) is 77.9 Å². The molecule has 0 saturated carbocycles. The Morgan fingerprint density at radius 3 is 2.07 bits per heavy atom. The summed E-state index contributed by atoms with van der Waals surface area (Å²) in [6, 6.07) is 19.6. The van der Waals surface area contributed by atoms with Gasteiger partial charge in [0.25, 0.3) is 5.91 Å². The first-order valence-electron chi connectivity index (χ1n) is 9.01. The fraction of sp³-hybridized carbons (Fsp3) is 0.130. The molecule has 0 unspecified atom stereocenters. The molecular formula is C23H22N2O4. The Hall–Kier alpha value is -3.80. The molecule has 0 aliphatic heterocycles. The second-order valence-electron chi connectivity index (χ2n) is 6.36. The number of nitrogens with one attached hydrogen (secondary N) is 2. The third-order valence-corrected chi connectivity index (χ3v) is 4.35. The van der Waals surface area contributed by atoms with E-state index < -0.39 is 0 Å². The van der Waals surface area contributed by atoms with Crippen LogP contribution in [0.1, 0.15) is 27.6 Å². The predicted octanol–water partition coefficient (Wildman–Crippen LogP) is 4.90.